The van der Waals surface area contributed by atoms with Crippen molar-refractivity contribution in [3.05, 3.63) is 65.7 Å². The van der Waals surface area contributed by atoms with Crippen LogP contribution in [0.5, 0.6) is 0 Å². The quantitative estimate of drug-likeness (QED) is 0.640. The van der Waals surface area contributed by atoms with Gasteiger partial charge in [0.2, 0.25) is 15.9 Å². The summed E-state index contributed by atoms with van der Waals surface area (Å²) in [5, 5.41) is 0. The molecule has 2 heterocycles. The molecule has 1 amide bonds. The molecule has 6 nitrogen and oxygen atoms in total. The molecule has 0 radical (unpaired) electrons. The summed E-state index contributed by atoms with van der Waals surface area (Å²) in [4.78, 5) is 14.3. The number of amides is 1. The molecule has 10 heteroatoms. The lowest BCUT2D eigenvalue weighted by Crippen LogP contribution is -2.50. The Morgan fingerprint density at radius 3 is 2.24 bits per heavy atom. The van der Waals surface area contributed by atoms with Crippen molar-refractivity contribution in [3.63, 3.8) is 0 Å². The molecule has 184 valence electrons. The Morgan fingerprint density at radius 2 is 1.59 bits per heavy atom. The van der Waals surface area contributed by atoms with E-state index in [1.165, 1.54) is 12.1 Å². The zero-order valence-corrected chi connectivity index (χ0v) is 19.6. The van der Waals surface area contributed by atoms with Gasteiger partial charge in [0.25, 0.3) is 0 Å². The standard InChI is InChI=1S/C24H27F3N2O4S/c1-17-15-28(16-21(33-17)18-7-3-2-4-8-18)23(30)19-11-13-29(14-12-19)34(31,32)22-10-6-5-9-20(22)24(25,26)27/h2-10,17,19,21H,11-16H2,1H3. The molecule has 2 aromatic carbocycles. The van der Waals surface area contributed by atoms with Gasteiger partial charge in [0.15, 0.2) is 0 Å². The molecular formula is C24H27F3N2O4S. The Bertz CT molecular complexity index is 1120. The second kappa shape index (κ2) is 9.67. The van der Waals surface area contributed by atoms with E-state index in [0.717, 1.165) is 22.0 Å². The lowest BCUT2D eigenvalue weighted by molar-refractivity contribution is -0.150. The van der Waals surface area contributed by atoms with Crippen LogP contribution in [-0.4, -0.2) is 55.8 Å². The zero-order chi connectivity index (χ0) is 24.5. The van der Waals surface area contributed by atoms with E-state index in [2.05, 4.69) is 0 Å². The number of piperidine rings is 1. The van der Waals surface area contributed by atoms with Crippen LogP contribution in [0.15, 0.2) is 59.5 Å². The molecule has 2 aliphatic rings. The summed E-state index contributed by atoms with van der Waals surface area (Å²) in [7, 11) is -4.33. The van der Waals surface area contributed by atoms with Crippen molar-refractivity contribution in [3.8, 4) is 0 Å². The van der Waals surface area contributed by atoms with Gasteiger partial charge in [-0.2, -0.15) is 17.5 Å². The Hall–Kier alpha value is -2.43. The Labute approximate surface area is 197 Å². The SMILES string of the molecule is CC1CN(C(=O)C2CCN(S(=O)(=O)c3ccccc3C(F)(F)F)CC2)CC(c2ccccc2)O1. The van der Waals surface area contributed by atoms with Crippen molar-refractivity contribution in [1.29, 1.82) is 0 Å². The predicted molar refractivity (Wildman–Crippen MR) is 119 cm³/mol. The van der Waals surface area contributed by atoms with Gasteiger partial charge in [-0.25, -0.2) is 8.42 Å². The minimum atomic E-state index is -4.78. The van der Waals surface area contributed by atoms with Crippen LogP contribution in [0.4, 0.5) is 13.2 Å². The van der Waals surface area contributed by atoms with Crippen molar-refractivity contribution in [2.24, 2.45) is 5.92 Å². The molecule has 34 heavy (non-hydrogen) atoms. The highest BCUT2D eigenvalue weighted by Crippen LogP contribution is 2.36. The molecule has 0 bridgehead atoms. The first-order valence-electron chi connectivity index (χ1n) is 11.2. The summed E-state index contributed by atoms with van der Waals surface area (Å²) in [6.45, 7) is 2.74. The van der Waals surface area contributed by atoms with Crippen LogP contribution in [0.3, 0.4) is 0 Å². The van der Waals surface area contributed by atoms with Crippen LogP contribution in [0.1, 0.15) is 37.0 Å². The lowest BCUT2D eigenvalue weighted by atomic mass is 9.95. The number of rotatable bonds is 4. The number of hydrogen-bond acceptors (Lipinski definition) is 4. The first-order chi connectivity index (χ1) is 16.1. The van der Waals surface area contributed by atoms with Gasteiger partial charge < -0.3 is 9.64 Å². The van der Waals surface area contributed by atoms with Crippen molar-refractivity contribution in [2.75, 3.05) is 26.2 Å². The van der Waals surface area contributed by atoms with Crippen molar-refractivity contribution in [2.45, 2.75) is 43.0 Å². The first-order valence-corrected chi connectivity index (χ1v) is 12.7. The summed E-state index contributed by atoms with van der Waals surface area (Å²) in [6.07, 6.45) is -4.65. The molecule has 0 aromatic heterocycles. The normalized spacial score (nSPS) is 23.1. The first kappa shape index (κ1) is 24.7. The van der Waals surface area contributed by atoms with Gasteiger partial charge >= 0.3 is 6.18 Å². The van der Waals surface area contributed by atoms with Gasteiger partial charge in [0.1, 0.15) is 6.10 Å². The summed E-state index contributed by atoms with van der Waals surface area (Å²) in [5.74, 6) is -0.449. The number of carbonyl (C=O) groups is 1. The predicted octanol–water partition coefficient (Wildman–Crippen LogP) is 4.09. The number of ether oxygens (including phenoxy) is 1. The van der Waals surface area contributed by atoms with Crippen molar-refractivity contribution >= 4 is 15.9 Å². The third-order valence-corrected chi connectivity index (χ3v) is 8.31. The second-order valence-corrected chi connectivity index (χ2v) is 10.7. The number of hydrogen-bond donors (Lipinski definition) is 0. The summed E-state index contributed by atoms with van der Waals surface area (Å²) in [6, 6.07) is 13.8. The number of carbonyl (C=O) groups excluding carboxylic acids is 1. The number of alkyl halides is 3. The Balaban J connectivity index is 1.43. The molecule has 4 rings (SSSR count). The smallest absolute Gasteiger partial charge is 0.367 e. The Kier molecular flexibility index (Phi) is 7.02. The maximum absolute atomic E-state index is 13.4. The van der Waals surface area contributed by atoms with E-state index in [0.29, 0.717) is 13.1 Å². The summed E-state index contributed by atoms with van der Waals surface area (Å²) in [5.41, 5.74) is -0.196. The molecule has 2 unspecified atom stereocenters. The molecular weight excluding hydrogens is 469 g/mol. The largest absolute Gasteiger partial charge is 0.417 e. The highest BCUT2D eigenvalue weighted by atomic mass is 32.2. The average molecular weight is 497 g/mol. The summed E-state index contributed by atoms with van der Waals surface area (Å²) >= 11 is 0. The highest BCUT2D eigenvalue weighted by Gasteiger charge is 2.41. The Morgan fingerprint density at radius 1 is 0.971 bits per heavy atom. The monoisotopic (exact) mass is 496 g/mol. The number of morpholine rings is 1. The van der Waals surface area contributed by atoms with E-state index in [9.17, 15) is 26.4 Å². The average Bonchev–Trinajstić information content (AvgIpc) is 2.83. The third kappa shape index (κ3) is 5.13. The highest BCUT2D eigenvalue weighted by molar-refractivity contribution is 7.89. The van der Waals surface area contributed by atoms with Crippen LogP contribution in [0, 0.1) is 5.92 Å². The molecule has 2 fully saturated rings. The van der Waals surface area contributed by atoms with Gasteiger partial charge in [-0.05, 0) is 37.5 Å². The van der Waals surface area contributed by atoms with E-state index >= 15 is 0 Å². The fourth-order valence-corrected chi connectivity index (χ4v) is 6.33. The molecule has 2 aliphatic heterocycles. The second-order valence-electron chi connectivity index (χ2n) is 8.76. The van der Waals surface area contributed by atoms with Gasteiger partial charge in [-0.1, -0.05) is 42.5 Å². The molecule has 0 spiro atoms. The molecule has 0 saturated carbocycles. The zero-order valence-electron chi connectivity index (χ0n) is 18.7. The maximum atomic E-state index is 13.4. The third-order valence-electron chi connectivity index (χ3n) is 6.36. The maximum Gasteiger partial charge on any atom is 0.417 e. The van der Waals surface area contributed by atoms with Crippen LogP contribution in [0.2, 0.25) is 0 Å². The lowest BCUT2D eigenvalue weighted by Gasteiger charge is -2.40. The van der Waals surface area contributed by atoms with E-state index in [-0.39, 0.29) is 50.0 Å². The molecule has 2 aromatic rings. The number of halogens is 3. The van der Waals surface area contributed by atoms with Gasteiger partial charge in [-0.3, -0.25) is 4.79 Å². The number of benzene rings is 2. The fourth-order valence-electron chi connectivity index (χ4n) is 4.65. The van der Waals surface area contributed by atoms with E-state index in [1.54, 1.807) is 4.90 Å². The van der Waals surface area contributed by atoms with Crippen LogP contribution in [-0.2, 0) is 25.7 Å². The minimum absolute atomic E-state index is 0.00701. The van der Waals surface area contributed by atoms with Gasteiger partial charge in [0.05, 0.1) is 23.1 Å². The molecule has 2 atom stereocenters. The van der Waals surface area contributed by atoms with E-state index in [1.807, 2.05) is 37.3 Å². The minimum Gasteiger partial charge on any atom is -0.367 e. The van der Waals surface area contributed by atoms with Crippen LogP contribution >= 0.6 is 0 Å². The van der Waals surface area contributed by atoms with Crippen molar-refractivity contribution in [1.82, 2.24) is 9.21 Å². The molecule has 0 aliphatic carbocycles. The van der Waals surface area contributed by atoms with Crippen LogP contribution < -0.4 is 0 Å². The van der Waals surface area contributed by atoms with Crippen molar-refractivity contribution < 1.29 is 31.1 Å². The van der Waals surface area contributed by atoms with E-state index in [4.69, 9.17) is 4.74 Å². The topological polar surface area (TPSA) is 66.9 Å². The van der Waals surface area contributed by atoms with Gasteiger partial charge in [0, 0.05) is 25.6 Å². The van der Waals surface area contributed by atoms with E-state index < -0.39 is 26.7 Å². The number of nitrogens with zero attached hydrogens (tertiary/aromatic N) is 2. The number of sulfonamides is 1. The summed E-state index contributed by atoms with van der Waals surface area (Å²) < 4.78 is 73.1. The molecule has 2 saturated heterocycles. The fraction of sp³-hybridized carbons (Fsp3) is 0.458. The molecule has 0 N–H and O–H groups in total. The van der Waals surface area contributed by atoms with Crippen LogP contribution in [0.25, 0.3) is 0 Å². The van der Waals surface area contributed by atoms with Gasteiger partial charge in [-0.15, -0.1) is 0 Å².